The normalized spacial score (nSPS) is 11.0. The minimum absolute atomic E-state index is 0.121. The van der Waals surface area contributed by atoms with Crippen molar-refractivity contribution in [3.63, 3.8) is 0 Å². The number of hydrazone groups is 2. The largest absolute Gasteiger partial charge is 0.271 e. The summed E-state index contributed by atoms with van der Waals surface area (Å²) >= 11 is 11.6. The van der Waals surface area contributed by atoms with E-state index in [1.807, 2.05) is 0 Å². The standard InChI is InChI=1S/C22H15Cl2N5O4/c23-18-5-1-14(2-6-18)12-25-27-21(30)16-9-17(11-20(10-16)29(32)33)22(31)28-26-13-15-3-7-19(24)8-4-15/h1-13H,(H,27,30)(H,28,31). The van der Waals surface area contributed by atoms with Crippen LogP contribution in [0.2, 0.25) is 10.0 Å². The number of hydrogen-bond acceptors (Lipinski definition) is 6. The maximum atomic E-state index is 12.4. The summed E-state index contributed by atoms with van der Waals surface area (Å²) in [5.41, 5.74) is 5.21. The number of nitrogens with zero attached hydrogens (tertiary/aromatic N) is 3. The number of carbonyl (C=O) groups is 2. The van der Waals surface area contributed by atoms with E-state index in [4.69, 9.17) is 23.2 Å². The Morgan fingerprint density at radius 1 is 0.758 bits per heavy atom. The van der Waals surface area contributed by atoms with Crippen molar-refractivity contribution in [2.75, 3.05) is 0 Å². The van der Waals surface area contributed by atoms with Gasteiger partial charge in [0.25, 0.3) is 17.5 Å². The zero-order valence-electron chi connectivity index (χ0n) is 16.7. The molecule has 0 aliphatic heterocycles. The number of nitrogens with one attached hydrogen (secondary N) is 2. The number of rotatable bonds is 7. The van der Waals surface area contributed by atoms with Crippen LogP contribution in [0, 0.1) is 10.1 Å². The van der Waals surface area contributed by atoms with Gasteiger partial charge in [-0.15, -0.1) is 0 Å². The van der Waals surface area contributed by atoms with Gasteiger partial charge in [-0.2, -0.15) is 10.2 Å². The maximum absolute atomic E-state index is 12.4. The molecule has 0 aromatic heterocycles. The van der Waals surface area contributed by atoms with E-state index in [1.54, 1.807) is 48.5 Å². The fraction of sp³-hybridized carbons (Fsp3) is 0. The molecular formula is C22H15Cl2N5O4. The van der Waals surface area contributed by atoms with Gasteiger partial charge in [-0.1, -0.05) is 47.5 Å². The van der Waals surface area contributed by atoms with Crippen molar-refractivity contribution in [2.24, 2.45) is 10.2 Å². The van der Waals surface area contributed by atoms with Gasteiger partial charge in [0.15, 0.2) is 0 Å². The molecule has 3 aromatic rings. The molecule has 3 aromatic carbocycles. The lowest BCUT2D eigenvalue weighted by Gasteiger charge is -2.05. The van der Waals surface area contributed by atoms with Gasteiger partial charge >= 0.3 is 0 Å². The predicted octanol–water partition coefficient (Wildman–Crippen LogP) is 4.43. The minimum atomic E-state index is -0.734. The van der Waals surface area contributed by atoms with Crippen LogP contribution in [0.15, 0.2) is 76.9 Å². The summed E-state index contributed by atoms with van der Waals surface area (Å²) in [7, 11) is 0. The maximum Gasteiger partial charge on any atom is 0.271 e. The van der Waals surface area contributed by atoms with Crippen LogP contribution in [0.25, 0.3) is 0 Å². The summed E-state index contributed by atoms with van der Waals surface area (Å²) in [6.45, 7) is 0. The number of nitro benzene ring substituents is 1. The first-order valence-corrected chi connectivity index (χ1v) is 10.0. The monoisotopic (exact) mass is 483 g/mol. The van der Waals surface area contributed by atoms with Crippen molar-refractivity contribution in [3.8, 4) is 0 Å². The molecule has 166 valence electrons. The SMILES string of the molecule is O=C(NN=Cc1ccc(Cl)cc1)c1cc(C(=O)NN=Cc2ccc(Cl)cc2)cc([N+](=O)[O-])c1. The van der Waals surface area contributed by atoms with E-state index in [9.17, 15) is 19.7 Å². The zero-order valence-corrected chi connectivity index (χ0v) is 18.2. The van der Waals surface area contributed by atoms with Crippen molar-refractivity contribution in [1.82, 2.24) is 10.9 Å². The second kappa shape index (κ2) is 11.0. The number of carbonyl (C=O) groups excluding carboxylic acids is 2. The van der Waals surface area contributed by atoms with E-state index in [0.29, 0.717) is 21.2 Å². The van der Waals surface area contributed by atoms with Gasteiger partial charge in [0.05, 0.1) is 17.4 Å². The van der Waals surface area contributed by atoms with Crippen molar-refractivity contribution in [3.05, 3.63) is 109 Å². The highest BCUT2D eigenvalue weighted by Crippen LogP contribution is 2.18. The second-order valence-electron chi connectivity index (χ2n) is 6.53. The van der Waals surface area contributed by atoms with Crippen molar-refractivity contribution >= 4 is 53.1 Å². The number of halogens is 2. The third kappa shape index (κ3) is 6.96. The van der Waals surface area contributed by atoms with E-state index < -0.39 is 22.4 Å². The van der Waals surface area contributed by atoms with Gasteiger partial charge < -0.3 is 0 Å². The van der Waals surface area contributed by atoms with Crippen molar-refractivity contribution in [1.29, 1.82) is 0 Å². The van der Waals surface area contributed by atoms with E-state index in [2.05, 4.69) is 21.1 Å². The first kappa shape index (κ1) is 23.6. The molecule has 0 heterocycles. The van der Waals surface area contributed by atoms with Crippen molar-refractivity contribution in [2.45, 2.75) is 0 Å². The van der Waals surface area contributed by atoms with Gasteiger partial charge in [-0.05, 0) is 41.5 Å². The van der Waals surface area contributed by atoms with Gasteiger partial charge in [-0.3, -0.25) is 19.7 Å². The van der Waals surface area contributed by atoms with Crippen LogP contribution in [-0.4, -0.2) is 29.2 Å². The fourth-order valence-corrected chi connectivity index (χ4v) is 2.79. The van der Waals surface area contributed by atoms with E-state index >= 15 is 0 Å². The summed E-state index contributed by atoms with van der Waals surface area (Å²) in [6.07, 6.45) is 2.76. The quantitative estimate of drug-likeness (QED) is 0.292. The third-order valence-electron chi connectivity index (χ3n) is 4.15. The highest BCUT2D eigenvalue weighted by atomic mass is 35.5. The lowest BCUT2D eigenvalue weighted by Crippen LogP contribution is -2.21. The Kier molecular flexibility index (Phi) is 7.85. The lowest BCUT2D eigenvalue weighted by molar-refractivity contribution is -0.384. The molecule has 0 fully saturated rings. The lowest BCUT2D eigenvalue weighted by atomic mass is 10.1. The molecule has 2 amide bonds. The molecule has 0 saturated heterocycles. The Hall–Kier alpha value is -4.08. The van der Waals surface area contributed by atoms with Crippen molar-refractivity contribution < 1.29 is 14.5 Å². The Balaban J connectivity index is 1.73. The summed E-state index contributed by atoms with van der Waals surface area (Å²) < 4.78 is 0. The predicted molar refractivity (Wildman–Crippen MR) is 126 cm³/mol. The van der Waals surface area contributed by atoms with Crippen LogP contribution in [0.5, 0.6) is 0 Å². The summed E-state index contributed by atoms with van der Waals surface area (Å²) in [5, 5.41) is 20.0. The van der Waals surface area contributed by atoms with Gasteiger partial charge in [0, 0.05) is 33.3 Å². The zero-order chi connectivity index (χ0) is 23.8. The van der Waals surface area contributed by atoms with Crippen LogP contribution < -0.4 is 10.9 Å². The summed E-state index contributed by atoms with van der Waals surface area (Å²) in [5.74, 6) is -1.47. The smallest absolute Gasteiger partial charge is 0.267 e. The molecule has 9 nitrogen and oxygen atoms in total. The summed E-state index contributed by atoms with van der Waals surface area (Å²) in [4.78, 5) is 35.4. The fourth-order valence-electron chi connectivity index (χ4n) is 2.54. The van der Waals surface area contributed by atoms with Crippen LogP contribution in [0.4, 0.5) is 5.69 Å². The van der Waals surface area contributed by atoms with Crippen LogP contribution in [-0.2, 0) is 0 Å². The van der Waals surface area contributed by atoms with E-state index in [1.165, 1.54) is 18.5 Å². The molecule has 0 bridgehead atoms. The second-order valence-corrected chi connectivity index (χ2v) is 7.40. The molecule has 0 aliphatic rings. The van der Waals surface area contributed by atoms with E-state index in [-0.39, 0.29) is 11.1 Å². The molecule has 0 unspecified atom stereocenters. The minimum Gasteiger partial charge on any atom is -0.267 e. The van der Waals surface area contributed by atoms with Gasteiger partial charge in [0.1, 0.15) is 0 Å². The van der Waals surface area contributed by atoms with E-state index in [0.717, 1.165) is 12.1 Å². The van der Waals surface area contributed by atoms with Gasteiger partial charge in [-0.25, -0.2) is 10.9 Å². The average molecular weight is 484 g/mol. The number of amides is 2. The third-order valence-corrected chi connectivity index (χ3v) is 4.66. The number of non-ortho nitro benzene ring substituents is 1. The molecule has 0 aliphatic carbocycles. The molecule has 0 radical (unpaired) electrons. The molecule has 2 N–H and O–H groups in total. The topological polar surface area (TPSA) is 126 Å². The Morgan fingerprint density at radius 3 is 1.52 bits per heavy atom. The Morgan fingerprint density at radius 2 is 1.15 bits per heavy atom. The van der Waals surface area contributed by atoms with Crippen LogP contribution in [0.1, 0.15) is 31.8 Å². The molecule has 0 spiro atoms. The molecular weight excluding hydrogens is 469 g/mol. The molecule has 11 heteroatoms. The molecule has 0 saturated carbocycles. The van der Waals surface area contributed by atoms with Crippen LogP contribution in [0.3, 0.4) is 0 Å². The highest BCUT2D eigenvalue weighted by molar-refractivity contribution is 6.30. The van der Waals surface area contributed by atoms with Crippen LogP contribution >= 0.6 is 23.2 Å². The molecule has 33 heavy (non-hydrogen) atoms. The Labute approximate surface area is 197 Å². The molecule has 0 atom stereocenters. The Bertz CT molecular complexity index is 1150. The average Bonchev–Trinajstić information content (AvgIpc) is 2.81. The van der Waals surface area contributed by atoms with Gasteiger partial charge in [0.2, 0.25) is 0 Å². The summed E-state index contributed by atoms with van der Waals surface area (Å²) in [6, 6.07) is 16.7. The number of hydrogen-bond donors (Lipinski definition) is 2. The highest BCUT2D eigenvalue weighted by Gasteiger charge is 2.17. The first-order valence-electron chi connectivity index (χ1n) is 9.29. The number of benzene rings is 3. The first-order chi connectivity index (χ1) is 15.8. The number of nitro groups is 1. The molecule has 3 rings (SSSR count).